The number of allylic oxidation sites excluding steroid dienone is 4. The minimum Gasteiger partial charge on any atom is -0.455 e. The molecule has 14 rings (SSSR count). The monoisotopic (exact) mass is 1040 g/mol. The van der Waals surface area contributed by atoms with Crippen molar-refractivity contribution in [2.75, 3.05) is 9.80 Å². The highest BCUT2D eigenvalue weighted by Gasteiger charge is 2.58. The Hall–Kier alpha value is -9.06. The summed E-state index contributed by atoms with van der Waals surface area (Å²) < 4.78 is 7.47. The summed E-state index contributed by atoms with van der Waals surface area (Å²) in [7, 11) is 0. The van der Waals surface area contributed by atoms with E-state index in [1.165, 1.54) is 38.9 Å². The molecule has 3 aromatic heterocycles. The number of benzene rings is 8. The molecule has 0 bridgehead atoms. The fourth-order valence-corrected chi connectivity index (χ4v) is 13.4. The molecule has 0 fully saturated rings. The van der Waals surface area contributed by atoms with Crippen molar-refractivity contribution in [3.63, 3.8) is 0 Å². The molecule has 3 aliphatic rings. The summed E-state index contributed by atoms with van der Waals surface area (Å²) in [5.74, 6) is 1.88. The van der Waals surface area contributed by atoms with E-state index in [0.29, 0.717) is 0 Å². The van der Waals surface area contributed by atoms with Gasteiger partial charge in [0.15, 0.2) is 0 Å². The van der Waals surface area contributed by atoms with Gasteiger partial charge in [0.1, 0.15) is 22.8 Å². The van der Waals surface area contributed by atoms with Crippen LogP contribution in [0.3, 0.4) is 0 Å². The predicted octanol–water partition coefficient (Wildman–Crippen LogP) is 20.0. The lowest BCUT2D eigenvalue weighted by Gasteiger charge is -2.37. The SMILES string of the molecule is Cc1cnc(N(c2ccc(C(C)(C)C)cc2)c2ccc3c(c2)C2(c4ccccc4C4C=CC=CC42)c2cc(N(c4ccc(C(C)(C)C)cc4)c4ncc(C)cc4-c4ccccc4)c4c(oc5ccccc54)c2-3)c(-c2ccccc2)c1. The Morgan fingerprint density at radius 3 is 1.64 bits per heavy atom. The van der Waals surface area contributed by atoms with Crippen LogP contribution in [0.5, 0.6) is 0 Å². The van der Waals surface area contributed by atoms with Crippen LogP contribution < -0.4 is 9.80 Å². The van der Waals surface area contributed by atoms with Gasteiger partial charge >= 0.3 is 0 Å². The number of hydrogen-bond donors (Lipinski definition) is 0. The molecule has 80 heavy (non-hydrogen) atoms. The molecule has 0 saturated carbocycles. The van der Waals surface area contributed by atoms with Crippen LogP contribution in [0.15, 0.2) is 235 Å². The predicted molar refractivity (Wildman–Crippen MR) is 333 cm³/mol. The van der Waals surface area contributed by atoms with Gasteiger partial charge in [0.2, 0.25) is 0 Å². The quantitative estimate of drug-likeness (QED) is 0.152. The highest BCUT2D eigenvalue weighted by Crippen LogP contribution is 2.68. The second-order valence-corrected chi connectivity index (χ2v) is 24.3. The van der Waals surface area contributed by atoms with Crippen molar-refractivity contribution in [2.45, 2.75) is 77.6 Å². The average molecular weight is 1040 g/mol. The number of aromatic nitrogens is 2. The zero-order valence-electron chi connectivity index (χ0n) is 46.8. The van der Waals surface area contributed by atoms with E-state index in [0.717, 1.165) is 95.3 Å². The van der Waals surface area contributed by atoms with Gasteiger partial charge in [-0.1, -0.05) is 199 Å². The second kappa shape index (κ2) is 18.5. The van der Waals surface area contributed by atoms with Gasteiger partial charge in [-0.25, -0.2) is 9.97 Å². The molecule has 0 aliphatic heterocycles. The van der Waals surface area contributed by atoms with Crippen LogP contribution in [-0.2, 0) is 16.2 Å². The van der Waals surface area contributed by atoms with Crippen LogP contribution in [0.4, 0.5) is 34.4 Å². The molecule has 5 heteroatoms. The van der Waals surface area contributed by atoms with Gasteiger partial charge in [0, 0.05) is 63.4 Å². The van der Waals surface area contributed by atoms with Crippen LogP contribution in [0.25, 0.3) is 55.3 Å². The largest absolute Gasteiger partial charge is 0.455 e. The van der Waals surface area contributed by atoms with E-state index >= 15 is 0 Å². The molecule has 8 aromatic carbocycles. The minimum absolute atomic E-state index is 0.0221. The number of hydrogen-bond acceptors (Lipinski definition) is 5. The molecule has 3 aliphatic carbocycles. The van der Waals surface area contributed by atoms with Crippen molar-refractivity contribution >= 4 is 56.3 Å². The zero-order valence-corrected chi connectivity index (χ0v) is 46.8. The molecule has 0 radical (unpaired) electrons. The van der Waals surface area contributed by atoms with Crippen molar-refractivity contribution < 1.29 is 4.42 Å². The number of furan rings is 1. The van der Waals surface area contributed by atoms with E-state index in [9.17, 15) is 0 Å². The Labute approximate surface area is 470 Å². The fourth-order valence-electron chi connectivity index (χ4n) is 13.4. The number of nitrogens with zero attached hydrogens (tertiary/aromatic N) is 4. The van der Waals surface area contributed by atoms with E-state index in [2.05, 4.69) is 284 Å². The molecule has 0 saturated heterocycles. The van der Waals surface area contributed by atoms with Gasteiger partial charge in [-0.15, -0.1) is 0 Å². The van der Waals surface area contributed by atoms with Gasteiger partial charge in [-0.05, 0) is 147 Å². The molecule has 11 aromatic rings. The lowest BCUT2D eigenvalue weighted by Crippen LogP contribution is -2.33. The molecular formula is C75H64N4O. The first-order valence-corrected chi connectivity index (χ1v) is 28.2. The molecule has 3 heterocycles. The maximum Gasteiger partial charge on any atom is 0.145 e. The highest BCUT2D eigenvalue weighted by atomic mass is 16.3. The summed E-state index contributed by atoms with van der Waals surface area (Å²) in [5, 5.41) is 2.10. The van der Waals surface area contributed by atoms with Crippen molar-refractivity contribution in [1.29, 1.82) is 0 Å². The van der Waals surface area contributed by atoms with Crippen LogP contribution in [0.1, 0.15) is 92.0 Å². The number of para-hydroxylation sites is 1. The summed E-state index contributed by atoms with van der Waals surface area (Å²) in [4.78, 5) is 15.7. The molecule has 3 atom stereocenters. The summed E-state index contributed by atoms with van der Waals surface area (Å²) in [6, 6.07) is 71.8. The third-order valence-electron chi connectivity index (χ3n) is 17.2. The Morgan fingerprint density at radius 2 is 1.01 bits per heavy atom. The van der Waals surface area contributed by atoms with Gasteiger partial charge in [-0.2, -0.15) is 0 Å². The van der Waals surface area contributed by atoms with Crippen LogP contribution >= 0.6 is 0 Å². The minimum atomic E-state index is -0.666. The topological polar surface area (TPSA) is 45.4 Å². The third-order valence-corrected chi connectivity index (χ3v) is 17.2. The Morgan fingerprint density at radius 1 is 0.475 bits per heavy atom. The highest BCUT2D eigenvalue weighted by molar-refractivity contribution is 6.19. The average Bonchev–Trinajstić information content (AvgIpc) is 4.21. The number of rotatable bonds is 8. The Bertz CT molecular complexity index is 4290. The number of pyridine rings is 2. The lowest BCUT2D eigenvalue weighted by molar-refractivity contribution is 0.465. The number of fused-ring (bicyclic) bond motifs is 14. The Balaban J connectivity index is 1.10. The molecule has 0 amide bonds. The van der Waals surface area contributed by atoms with E-state index in [1.807, 2.05) is 12.4 Å². The molecule has 0 N–H and O–H groups in total. The second-order valence-electron chi connectivity index (χ2n) is 24.3. The first-order chi connectivity index (χ1) is 38.8. The molecule has 390 valence electrons. The maximum absolute atomic E-state index is 7.47. The summed E-state index contributed by atoms with van der Waals surface area (Å²) in [5.41, 5.74) is 21.6. The van der Waals surface area contributed by atoms with Crippen LogP contribution in [0.2, 0.25) is 0 Å². The van der Waals surface area contributed by atoms with Gasteiger partial charge in [-0.3, -0.25) is 9.80 Å². The van der Waals surface area contributed by atoms with E-state index in [-0.39, 0.29) is 22.7 Å². The van der Waals surface area contributed by atoms with Crippen LogP contribution in [-0.4, -0.2) is 9.97 Å². The first kappa shape index (κ1) is 49.2. The summed E-state index contributed by atoms with van der Waals surface area (Å²) >= 11 is 0. The van der Waals surface area contributed by atoms with Crippen molar-refractivity contribution in [3.05, 3.63) is 275 Å². The standard InChI is InChI=1S/C75H64N4O/c1-47-41-60(49-21-11-9-12-22-49)71(76-45-47)78(53-35-31-51(32-36-53)73(3,4)5)55-39-40-58-64(43-55)75(62-28-18-15-25-56(62)57-26-16-19-29-63(57)75)65-44-66(69-59-27-17-20-30-67(59)80-70(69)68(58)65)79(54-37-33-52(34-38-54)74(6,7)8)72-61(42-48(2)46-77-72)50-23-13-10-14-24-50/h9-46,56,62H,1-8H3. The molecule has 1 spiro atoms. The zero-order chi connectivity index (χ0) is 54.7. The molecular weight excluding hydrogens is 973 g/mol. The Kier molecular flexibility index (Phi) is 11.4. The van der Waals surface area contributed by atoms with Gasteiger partial charge in [0.05, 0.1) is 16.5 Å². The summed E-state index contributed by atoms with van der Waals surface area (Å²) in [6.07, 6.45) is 13.4. The molecule has 3 unspecified atom stereocenters. The lowest BCUT2D eigenvalue weighted by atomic mass is 9.65. The number of aryl methyl sites for hydroxylation is 2. The van der Waals surface area contributed by atoms with Crippen LogP contribution in [0, 0.1) is 19.8 Å². The first-order valence-electron chi connectivity index (χ1n) is 28.2. The van der Waals surface area contributed by atoms with Crippen molar-refractivity contribution in [2.24, 2.45) is 5.92 Å². The van der Waals surface area contributed by atoms with E-state index in [4.69, 9.17) is 14.4 Å². The summed E-state index contributed by atoms with van der Waals surface area (Å²) in [6.45, 7) is 17.9. The van der Waals surface area contributed by atoms with Gasteiger partial charge in [0.25, 0.3) is 0 Å². The van der Waals surface area contributed by atoms with Crippen molar-refractivity contribution in [1.82, 2.24) is 9.97 Å². The van der Waals surface area contributed by atoms with Crippen molar-refractivity contribution in [3.8, 4) is 33.4 Å². The maximum atomic E-state index is 7.47. The van der Waals surface area contributed by atoms with E-state index in [1.54, 1.807) is 0 Å². The molecule has 5 nitrogen and oxygen atoms in total. The smallest absolute Gasteiger partial charge is 0.145 e. The number of anilines is 6. The third kappa shape index (κ3) is 7.73. The normalized spacial score (nSPS) is 16.9. The van der Waals surface area contributed by atoms with E-state index < -0.39 is 5.41 Å². The fraction of sp³-hybridized carbons (Fsp3) is 0.173. The van der Waals surface area contributed by atoms with Gasteiger partial charge < -0.3 is 4.42 Å².